The van der Waals surface area contributed by atoms with Crippen LogP contribution in [0.3, 0.4) is 0 Å². The number of nitrogens with zero attached hydrogens (tertiary/aromatic N) is 1. The third-order valence-corrected chi connectivity index (χ3v) is 4.85. The topological polar surface area (TPSA) is 56.4 Å². The molecular weight excluding hydrogens is 336 g/mol. The van der Waals surface area contributed by atoms with E-state index in [4.69, 9.17) is 0 Å². The molecule has 0 radical (unpaired) electrons. The van der Waals surface area contributed by atoms with Gasteiger partial charge in [0.2, 0.25) is 0 Å². The van der Waals surface area contributed by atoms with E-state index in [1.807, 2.05) is 36.4 Å². The van der Waals surface area contributed by atoms with Gasteiger partial charge in [-0.15, -0.1) is 0 Å². The number of hydrogen-bond donors (Lipinski definition) is 3. The van der Waals surface area contributed by atoms with E-state index in [9.17, 15) is 4.79 Å². The average Bonchev–Trinajstić information content (AvgIpc) is 3.02. The molecule has 0 atom stereocenters. The summed E-state index contributed by atoms with van der Waals surface area (Å²) in [5.74, 6) is -0.0739. The van der Waals surface area contributed by atoms with Crippen LogP contribution < -0.4 is 16.0 Å². The Balaban J connectivity index is 1.52. The summed E-state index contributed by atoms with van der Waals surface area (Å²) in [6.07, 6.45) is 2.90. The zero-order chi connectivity index (χ0) is 19.1. The van der Waals surface area contributed by atoms with Crippen LogP contribution in [-0.4, -0.2) is 37.0 Å². The van der Waals surface area contributed by atoms with Crippen LogP contribution in [0.15, 0.2) is 54.7 Å². The normalized spacial score (nSPS) is 14.3. The average molecular weight is 364 g/mol. The summed E-state index contributed by atoms with van der Waals surface area (Å²) in [5.41, 5.74) is 4.51. The van der Waals surface area contributed by atoms with Crippen LogP contribution in [0.25, 0.3) is 5.57 Å². The summed E-state index contributed by atoms with van der Waals surface area (Å²) in [6.45, 7) is 8.70. The largest absolute Gasteiger partial charge is 0.385 e. The Kier molecular flexibility index (Phi) is 6.49. The molecule has 1 heterocycles. The first-order chi connectivity index (χ1) is 13.2. The number of carbonyl (C=O) groups is 1. The second kappa shape index (κ2) is 9.24. The van der Waals surface area contributed by atoms with Gasteiger partial charge in [0.05, 0.1) is 5.57 Å². The molecular formula is C22H28N4O. The Morgan fingerprint density at radius 2 is 1.70 bits per heavy atom. The maximum absolute atomic E-state index is 12.1. The summed E-state index contributed by atoms with van der Waals surface area (Å²) < 4.78 is 0. The Bertz CT molecular complexity index is 794. The van der Waals surface area contributed by atoms with E-state index in [1.165, 1.54) is 0 Å². The van der Waals surface area contributed by atoms with E-state index in [-0.39, 0.29) is 5.91 Å². The molecule has 0 spiro atoms. The van der Waals surface area contributed by atoms with Crippen LogP contribution in [0.2, 0.25) is 0 Å². The Morgan fingerprint density at radius 1 is 1.00 bits per heavy atom. The molecule has 1 aliphatic heterocycles. The van der Waals surface area contributed by atoms with Crippen LogP contribution >= 0.6 is 0 Å². The molecule has 0 saturated carbocycles. The number of carbonyl (C=O) groups excluding carboxylic acids is 1. The van der Waals surface area contributed by atoms with Gasteiger partial charge in [0, 0.05) is 35.4 Å². The van der Waals surface area contributed by atoms with Gasteiger partial charge in [-0.2, -0.15) is 0 Å². The number of benzene rings is 2. The predicted molar refractivity (Wildman–Crippen MR) is 114 cm³/mol. The number of hydrogen-bond acceptors (Lipinski definition) is 4. The van der Waals surface area contributed by atoms with Gasteiger partial charge >= 0.3 is 0 Å². The fourth-order valence-corrected chi connectivity index (χ4v) is 3.20. The quantitative estimate of drug-likeness (QED) is 0.460. The number of anilines is 3. The number of rotatable bonds is 9. The number of para-hydroxylation sites is 1. The van der Waals surface area contributed by atoms with Gasteiger partial charge < -0.3 is 20.9 Å². The molecule has 3 N–H and O–H groups in total. The summed E-state index contributed by atoms with van der Waals surface area (Å²) in [7, 11) is 0. The highest BCUT2D eigenvalue weighted by Crippen LogP contribution is 2.31. The van der Waals surface area contributed by atoms with Gasteiger partial charge in [-0.3, -0.25) is 4.79 Å². The third kappa shape index (κ3) is 4.89. The fraction of sp³-hybridized carbons (Fsp3) is 0.318. The van der Waals surface area contributed by atoms with E-state index in [2.05, 4.69) is 46.8 Å². The lowest BCUT2D eigenvalue weighted by Gasteiger charge is -2.18. The van der Waals surface area contributed by atoms with Crippen molar-refractivity contribution in [3.8, 4) is 0 Å². The van der Waals surface area contributed by atoms with Crippen LogP contribution in [0.4, 0.5) is 17.1 Å². The van der Waals surface area contributed by atoms with E-state index < -0.39 is 0 Å². The van der Waals surface area contributed by atoms with E-state index in [0.717, 1.165) is 55.2 Å². The lowest BCUT2D eigenvalue weighted by atomic mass is 10.1. The Morgan fingerprint density at radius 3 is 2.44 bits per heavy atom. The molecule has 2 aromatic carbocycles. The van der Waals surface area contributed by atoms with Crippen molar-refractivity contribution in [2.75, 3.05) is 42.1 Å². The summed E-state index contributed by atoms with van der Waals surface area (Å²) in [4.78, 5) is 14.5. The van der Waals surface area contributed by atoms with Gasteiger partial charge in [-0.1, -0.05) is 32.0 Å². The van der Waals surface area contributed by atoms with Gasteiger partial charge in [-0.25, -0.2) is 0 Å². The maximum Gasteiger partial charge on any atom is 0.257 e. The number of nitrogens with one attached hydrogen (secondary N) is 3. The molecule has 27 heavy (non-hydrogen) atoms. The number of fused-ring (bicyclic) bond motifs is 1. The lowest BCUT2D eigenvalue weighted by molar-refractivity contribution is -0.110. The van der Waals surface area contributed by atoms with Crippen LogP contribution in [0.1, 0.15) is 25.8 Å². The molecule has 5 heteroatoms. The second-order valence-electron chi connectivity index (χ2n) is 6.59. The highest BCUT2D eigenvalue weighted by molar-refractivity contribution is 6.31. The second-order valence-corrected chi connectivity index (χ2v) is 6.59. The van der Waals surface area contributed by atoms with Crippen LogP contribution in [-0.2, 0) is 4.79 Å². The van der Waals surface area contributed by atoms with Crippen molar-refractivity contribution in [1.29, 1.82) is 0 Å². The SMILES string of the molecule is CCN(CC)CCCNc1ccc(N/C=C2\C(=O)Nc3ccccc32)cc1. The Labute approximate surface area is 161 Å². The molecule has 0 unspecified atom stereocenters. The minimum atomic E-state index is -0.0739. The highest BCUT2D eigenvalue weighted by atomic mass is 16.2. The molecule has 0 aromatic heterocycles. The molecule has 2 aromatic rings. The standard InChI is InChI=1S/C22H28N4O/c1-3-26(4-2)15-7-14-23-17-10-12-18(13-11-17)24-16-20-19-8-5-6-9-21(19)25-22(20)27/h5-6,8-13,16,23-24H,3-4,7,14-15H2,1-2H3,(H,25,27)/b20-16-. The van der Waals surface area contributed by atoms with E-state index in [0.29, 0.717) is 5.57 Å². The van der Waals surface area contributed by atoms with Crippen molar-refractivity contribution in [2.45, 2.75) is 20.3 Å². The van der Waals surface area contributed by atoms with Crippen molar-refractivity contribution < 1.29 is 4.79 Å². The molecule has 1 amide bonds. The molecule has 3 rings (SSSR count). The Hall–Kier alpha value is -2.79. The minimum Gasteiger partial charge on any atom is -0.385 e. The number of amides is 1. The first-order valence-corrected chi connectivity index (χ1v) is 9.65. The zero-order valence-electron chi connectivity index (χ0n) is 16.1. The molecule has 0 saturated heterocycles. The van der Waals surface area contributed by atoms with E-state index >= 15 is 0 Å². The van der Waals surface area contributed by atoms with Crippen molar-refractivity contribution in [3.63, 3.8) is 0 Å². The lowest BCUT2D eigenvalue weighted by Crippen LogP contribution is -2.25. The highest BCUT2D eigenvalue weighted by Gasteiger charge is 2.23. The molecule has 1 aliphatic rings. The van der Waals surface area contributed by atoms with Crippen molar-refractivity contribution >= 4 is 28.5 Å². The fourth-order valence-electron chi connectivity index (χ4n) is 3.20. The summed E-state index contributed by atoms with van der Waals surface area (Å²) >= 11 is 0. The van der Waals surface area contributed by atoms with E-state index in [1.54, 1.807) is 6.20 Å². The first-order valence-electron chi connectivity index (χ1n) is 9.65. The van der Waals surface area contributed by atoms with Gasteiger partial charge in [0.1, 0.15) is 0 Å². The summed E-state index contributed by atoms with van der Waals surface area (Å²) in [5, 5.41) is 9.56. The third-order valence-electron chi connectivity index (χ3n) is 4.85. The molecule has 0 aliphatic carbocycles. The van der Waals surface area contributed by atoms with Crippen LogP contribution in [0.5, 0.6) is 0 Å². The monoisotopic (exact) mass is 364 g/mol. The van der Waals surface area contributed by atoms with Crippen molar-refractivity contribution in [1.82, 2.24) is 4.90 Å². The predicted octanol–water partition coefficient (Wildman–Crippen LogP) is 4.24. The molecule has 142 valence electrons. The summed E-state index contributed by atoms with van der Waals surface area (Å²) in [6, 6.07) is 15.9. The molecule has 5 nitrogen and oxygen atoms in total. The zero-order valence-corrected chi connectivity index (χ0v) is 16.1. The van der Waals surface area contributed by atoms with Crippen molar-refractivity contribution in [3.05, 3.63) is 60.3 Å². The minimum absolute atomic E-state index is 0.0739. The van der Waals surface area contributed by atoms with Gasteiger partial charge in [0.15, 0.2) is 0 Å². The molecule has 0 fully saturated rings. The smallest absolute Gasteiger partial charge is 0.257 e. The van der Waals surface area contributed by atoms with Gasteiger partial charge in [-0.05, 0) is 56.4 Å². The van der Waals surface area contributed by atoms with Crippen LogP contribution in [0, 0.1) is 0 Å². The van der Waals surface area contributed by atoms with Crippen molar-refractivity contribution in [2.24, 2.45) is 0 Å². The maximum atomic E-state index is 12.1. The van der Waals surface area contributed by atoms with Gasteiger partial charge in [0.25, 0.3) is 5.91 Å². The molecule has 0 bridgehead atoms. The first kappa shape index (κ1) is 19.0.